The highest BCUT2D eigenvalue weighted by Gasteiger charge is 2.09. The zero-order valence-corrected chi connectivity index (χ0v) is 13.0. The molecule has 0 aliphatic heterocycles. The highest BCUT2D eigenvalue weighted by Crippen LogP contribution is 2.24. The molecule has 2 nitrogen and oxygen atoms in total. The first-order chi connectivity index (χ1) is 10.2. The van der Waals surface area contributed by atoms with Crippen molar-refractivity contribution in [3.8, 4) is 0 Å². The fourth-order valence-electron chi connectivity index (χ4n) is 2.05. The minimum absolute atomic E-state index is 0.0128. The number of benzene rings is 2. The van der Waals surface area contributed by atoms with E-state index >= 15 is 0 Å². The quantitative estimate of drug-likeness (QED) is 0.720. The molecule has 0 fully saturated rings. The number of hydrogen-bond donors (Lipinski definition) is 1. The number of thiazole rings is 1. The molecule has 108 valence electrons. The maximum atomic E-state index is 13.1. The Morgan fingerprint density at radius 1 is 1.19 bits per heavy atom. The zero-order valence-electron chi connectivity index (χ0n) is 11.3. The molecule has 0 bridgehead atoms. The van der Waals surface area contributed by atoms with Crippen molar-refractivity contribution in [2.75, 3.05) is 5.75 Å². The van der Waals surface area contributed by atoms with E-state index < -0.39 is 0 Å². The van der Waals surface area contributed by atoms with Gasteiger partial charge in [-0.3, -0.25) is 0 Å². The second-order valence-corrected chi connectivity index (χ2v) is 7.02. The van der Waals surface area contributed by atoms with Crippen molar-refractivity contribution in [2.45, 2.75) is 17.4 Å². The number of hydrogen-bond acceptors (Lipinski definition) is 4. The summed E-state index contributed by atoms with van der Waals surface area (Å²) in [4.78, 5) is 5.50. The van der Waals surface area contributed by atoms with Crippen LogP contribution in [0.3, 0.4) is 0 Å². The minimum atomic E-state index is -0.209. The molecule has 0 amide bonds. The van der Waals surface area contributed by atoms with Gasteiger partial charge in [-0.15, -0.1) is 23.1 Å². The van der Waals surface area contributed by atoms with Crippen molar-refractivity contribution in [3.63, 3.8) is 0 Å². The van der Waals surface area contributed by atoms with Crippen LogP contribution < -0.4 is 5.73 Å². The normalized spacial score (nSPS) is 12.7. The summed E-state index contributed by atoms with van der Waals surface area (Å²) in [6, 6.07) is 14.7. The number of nitrogens with zero attached hydrogens (tertiary/aromatic N) is 1. The Hall–Kier alpha value is -1.43. The predicted octanol–water partition coefficient (Wildman–Crippen LogP) is 4.10. The third kappa shape index (κ3) is 3.81. The second kappa shape index (κ2) is 6.56. The molecule has 2 aromatic carbocycles. The highest BCUT2D eigenvalue weighted by molar-refractivity contribution is 7.99. The molecule has 1 aromatic heterocycles. The van der Waals surface area contributed by atoms with Crippen LogP contribution in [0.25, 0.3) is 10.2 Å². The number of fused-ring (bicyclic) bond motifs is 1. The van der Waals surface area contributed by atoms with Gasteiger partial charge in [0.15, 0.2) is 0 Å². The maximum Gasteiger partial charge on any atom is 0.124 e. The Balaban J connectivity index is 1.59. The summed E-state index contributed by atoms with van der Waals surface area (Å²) in [5, 5.41) is 1.06. The number of rotatable bonds is 5. The van der Waals surface area contributed by atoms with Gasteiger partial charge in [0, 0.05) is 23.1 Å². The fourth-order valence-corrected chi connectivity index (χ4v) is 4.01. The van der Waals surface area contributed by atoms with Crippen LogP contribution in [0.15, 0.2) is 53.4 Å². The number of nitrogens with two attached hydrogens (primary N) is 1. The van der Waals surface area contributed by atoms with Gasteiger partial charge < -0.3 is 5.73 Å². The first kappa shape index (κ1) is 14.5. The molecule has 0 radical (unpaired) electrons. The number of para-hydroxylation sites is 1. The SMILES string of the molecule is NC(CSc1cccc(F)c1)Cc1nc2ccccc2s1. The van der Waals surface area contributed by atoms with E-state index in [-0.39, 0.29) is 11.9 Å². The van der Waals surface area contributed by atoms with E-state index in [1.165, 1.54) is 16.8 Å². The molecular formula is C16H15FN2S2. The van der Waals surface area contributed by atoms with Crippen molar-refractivity contribution < 1.29 is 4.39 Å². The van der Waals surface area contributed by atoms with E-state index in [9.17, 15) is 4.39 Å². The lowest BCUT2D eigenvalue weighted by atomic mass is 10.2. The van der Waals surface area contributed by atoms with Gasteiger partial charge in [0.05, 0.1) is 15.2 Å². The number of aromatic nitrogens is 1. The van der Waals surface area contributed by atoms with Crippen molar-refractivity contribution in [1.29, 1.82) is 0 Å². The van der Waals surface area contributed by atoms with Gasteiger partial charge in [-0.1, -0.05) is 18.2 Å². The maximum absolute atomic E-state index is 13.1. The summed E-state index contributed by atoms with van der Waals surface area (Å²) in [5.74, 6) is 0.541. The van der Waals surface area contributed by atoms with Crippen LogP contribution in [0, 0.1) is 5.82 Å². The Morgan fingerprint density at radius 2 is 2.05 bits per heavy atom. The second-order valence-electron chi connectivity index (χ2n) is 4.81. The molecule has 0 aliphatic rings. The molecule has 0 aliphatic carbocycles. The Morgan fingerprint density at radius 3 is 2.86 bits per heavy atom. The topological polar surface area (TPSA) is 38.9 Å². The van der Waals surface area contributed by atoms with Crippen LogP contribution in [0.2, 0.25) is 0 Å². The monoisotopic (exact) mass is 318 g/mol. The van der Waals surface area contributed by atoms with E-state index in [4.69, 9.17) is 5.73 Å². The van der Waals surface area contributed by atoms with Crippen molar-refractivity contribution in [3.05, 3.63) is 59.4 Å². The van der Waals surface area contributed by atoms with Crippen molar-refractivity contribution in [2.24, 2.45) is 5.73 Å². The van der Waals surface area contributed by atoms with Crippen LogP contribution >= 0.6 is 23.1 Å². The lowest BCUT2D eigenvalue weighted by molar-refractivity contribution is 0.624. The van der Waals surface area contributed by atoms with E-state index in [1.807, 2.05) is 24.3 Å². The molecule has 0 saturated heterocycles. The lowest BCUT2D eigenvalue weighted by Gasteiger charge is -2.09. The summed E-state index contributed by atoms with van der Waals surface area (Å²) in [6.45, 7) is 0. The van der Waals surface area contributed by atoms with Gasteiger partial charge in [0.1, 0.15) is 5.82 Å². The zero-order chi connectivity index (χ0) is 14.7. The molecule has 2 N–H and O–H groups in total. The molecule has 3 rings (SSSR count). The average molecular weight is 318 g/mol. The summed E-state index contributed by atoms with van der Waals surface area (Å²) in [6.07, 6.45) is 0.752. The predicted molar refractivity (Wildman–Crippen MR) is 88.4 cm³/mol. The van der Waals surface area contributed by atoms with Crippen molar-refractivity contribution >= 4 is 33.3 Å². The third-order valence-corrected chi connectivity index (χ3v) is 5.28. The molecule has 0 spiro atoms. The van der Waals surface area contributed by atoms with Crippen LogP contribution in [0.5, 0.6) is 0 Å². The first-order valence-electron chi connectivity index (χ1n) is 6.69. The van der Waals surface area contributed by atoms with E-state index in [1.54, 1.807) is 29.2 Å². The first-order valence-corrected chi connectivity index (χ1v) is 8.49. The van der Waals surface area contributed by atoms with Crippen LogP contribution in [0.1, 0.15) is 5.01 Å². The van der Waals surface area contributed by atoms with Crippen LogP contribution in [0.4, 0.5) is 4.39 Å². The smallest absolute Gasteiger partial charge is 0.124 e. The molecule has 0 saturated carbocycles. The standard InChI is InChI=1S/C16H15FN2S2/c17-11-4-3-5-13(8-11)20-10-12(18)9-16-19-14-6-1-2-7-15(14)21-16/h1-8,12H,9-10,18H2. The van der Waals surface area contributed by atoms with Crippen LogP contribution in [-0.2, 0) is 6.42 Å². The van der Waals surface area contributed by atoms with Gasteiger partial charge in [-0.25, -0.2) is 9.37 Å². The Kier molecular flexibility index (Phi) is 4.53. The van der Waals surface area contributed by atoms with E-state index in [0.29, 0.717) is 0 Å². The largest absolute Gasteiger partial charge is 0.327 e. The minimum Gasteiger partial charge on any atom is -0.327 e. The molecule has 1 unspecified atom stereocenters. The van der Waals surface area contributed by atoms with Crippen LogP contribution in [-0.4, -0.2) is 16.8 Å². The van der Waals surface area contributed by atoms with Crippen molar-refractivity contribution in [1.82, 2.24) is 4.98 Å². The fraction of sp³-hybridized carbons (Fsp3) is 0.188. The summed E-state index contributed by atoms with van der Waals surface area (Å²) < 4.78 is 14.3. The van der Waals surface area contributed by atoms with Gasteiger partial charge in [0.2, 0.25) is 0 Å². The van der Waals surface area contributed by atoms with E-state index in [2.05, 4.69) is 11.1 Å². The summed E-state index contributed by atoms with van der Waals surface area (Å²) in [7, 11) is 0. The number of thioether (sulfide) groups is 1. The van der Waals surface area contributed by atoms with Gasteiger partial charge >= 0.3 is 0 Å². The van der Waals surface area contributed by atoms with Gasteiger partial charge in [-0.2, -0.15) is 0 Å². The van der Waals surface area contributed by atoms with E-state index in [0.717, 1.165) is 27.6 Å². The third-order valence-electron chi connectivity index (χ3n) is 3.04. The van der Waals surface area contributed by atoms with Gasteiger partial charge in [0.25, 0.3) is 0 Å². The molecule has 1 heterocycles. The summed E-state index contributed by atoms with van der Waals surface area (Å²) >= 11 is 3.27. The molecule has 3 aromatic rings. The average Bonchev–Trinajstić information content (AvgIpc) is 2.87. The molecule has 21 heavy (non-hydrogen) atoms. The van der Waals surface area contributed by atoms with Gasteiger partial charge in [-0.05, 0) is 30.3 Å². The lowest BCUT2D eigenvalue weighted by Crippen LogP contribution is -2.25. The highest BCUT2D eigenvalue weighted by atomic mass is 32.2. The molecule has 5 heteroatoms. The summed E-state index contributed by atoms with van der Waals surface area (Å²) in [5.41, 5.74) is 7.20. The molecular weight excluding hydrogens is 303 g/mol. The Labute approximate surface area is 131 Å². The Bertz CT molecular complexity index is 709. The number of halogens is 1. The molecule has 1 atom stereocenters.